The lowest BCUT2D eigenvalue weighted by Crippen LogP contribution is -2.28. The first kappa shape index (κ1) is 8.57. The van der Waals surface area contributed by atoms with Crippen molar-refractivity contribution >= 4 is 5.84 Å². The minimum Gasteiger partial charge on any atom is -0.262 e. The van der Waals surface area contributed by atoms with Crippen LogP contribution in [0.1, 0.15) is 27.2 Å². The second-order valence-corrected chi connectivity index (χ2v) is 3.27. The molecule has 1 atom stereocenters. The molecular formula is C9H19N2+. The maximum Gasteiger partial charge on any atom is 0.246 e. The number of amidine groups is 1. The fourth-order valence-electron chi connectivity index (χ4n) is 1.81. The van der Waals surface area contributed by atoms with Gasteiger partial charge in [-0.25, -0.2) is 0 Å². The summed E-state index contributed by atoms with van der Waals surface area (Å²) in [5.41, 5.74) is 0. The van der Waals surface area contributed by atoms with Crippen molar-refractivity contribution < 1.29 is 4.58 Å². The van der Waals surface area contributed by atoms with Crippen molar-refractivity contribution in [2.45, 2.75) is 33.2 Å². The summed E-state index contributed by atoms with van der Waals surface area (Å²) in [5.74, 6) is 1.50. The Bertz CT molecular complexity index is 172. The van der Waals surface area contributed by atoms with Crippen LogP contribution in [-0.2, 0) is 0 Å². The van der Waals surface area contributed by atoms with Crippen LogP contribution in [0.15, 0.2) is 0 Å². The third-order valence-electron chi connectivity index (χ3n) is 2.62. The van der Waals surface area contributed by atoms with Crippen LogP contribution in [0.4, 0.5) is 0 Å². The first-order valence-corrected chi connectivity index (χ1v) is 4.54. The molecule has 2 nitrogen and oxygen atoms in total. The summed E-state index contributed by atoms with van der Waals surface area (Å²) >= 11 is 0. The molecule has 11 heavy (non-hydrogen) atoms. The Morgan fingerprint density at radius 3 is 2.55 bits per heavy atom. The first-order valence-electron chi connectivity index (χ1n) is 4.54. The lowest BCUT2D eigenvalue weighted by atomic mass is 10.3. The van der Waals surface area contributed by atoms with Gasteiger partial charge in [-0.3, -0.25) is 9.48 Å². The Labute approximate surface area is 69.5 Å². The molecule has 0 spiro atoms. The molecule has 1 heterocycles. The third kappa shape index (κ3) is 1.39. The van der Waals surface area contributed by atoms with Gasteiger partial charge in [-0.15, -0.1) is 0 Å². The van der Waals surface area contributed by atoms with Crippen LogP contribution in [0.5, 0.6) is 0 Å². The molecule has 0 saturated heterocycles. The molecule has 0 radical (unpaired) electrons. The zero-order valence-corrected chi connectivity index (χ0v) is 8.09. The molecule has 0 bridgehead atoms. The highest BCUT2D eigenvalue weighted by Gasteiger charge is 2.30. The largest absolute Gasteiger partial charge is 0.262 e. The lowest BCUT2D eigenvalue weighted by Gasteiger charge is -2.07. The SMILES string of the molecule is CCC1=[N+](C)C(C)CN1CC. The van der Waals surface area contributed by atoms with Gasteiger partial charge in [-0.05, 0) is 13.8 Å². The van der Waals surface area contributed by atoms with E-state index in [1.165, 1.54) is 12.4 Å². The highest BCUT2D eigenvalue weighted by molar-refractivity contribution is 5.78. The van der Waals surface area contributed by atoms with E-state index in [0.717, 1.165) is 13.0 Å². The van der Waals surface area contributed by atoms with Crippen molar-refractivity contribution in [3.63, 3.8) is 0 Å². The normalized spacial score (nSPS) is 25.1. The molecule has 0 amide bonds. The van der Waals surface area contributed by atoms with Crippen LogP contribution in [0, 0.1) is 0 Å². The van der Waals surface area contributed by atoms with Gasteiger partial charge in [-0.2, -0.15) is 0 Å². The van der Waals surface area contributed by atoms with Crippen molar-refractivity contribution in [3.05, 3.63) is 0 Å². The minimum atomic E-state index is 0.699. The Balaban J connectivity index is 2.77. The van der Waals surface area contributed by atoms with Crippen LogP contribution >= 0.6 is 0 Å². The monoisotopic (exact) mass is 155 g/mol. The van der Waals surface area contributed by atoms with Gasteiger partial charge in [0.25, 0.3) is 0 Å². The summed E-state index contributed by atoms with van der Waals surface area (Å²) in [4.78, 5) is 2.46. The molecule has 64 valence electrons. The summed E-state index contributed by atoms with van der Waals surface area (Å²) in [5, 5.41) is 0. The van der Waals surface area contributed by atoms with E-state index in [1.807, 2.05) is 0 Å². The first-order chi connectivity index (χ1) is 5.20. The summed E-state index contributed by atoms with van der Waals surface area (Å²) in [6.45, 7) is 9.09. The molecule has 0 fully saturated rings. The van der Waals surface area contributed by atoms with Gasteiger partial charge >= 0.3 is 0 Å². The number of hydrogen-bond acceptors (Lipinski definition) is 1. The molecule has 0 saturated carbocycles. The van der Waals surface area contributed by atoms with Gasteiger partial charge in [-0.1, -0.05) is 6.92 Å². The van der Waals surface area contributed by atoms with E-state index in [-0.39, 0.29) is 0 Å². The number of nitrogens with zero attached hydrogens (tertiary/aromatic N) is 2. The van der Waals surface area contributed by atoms with Gasteiger partial charge in [0.2, 0.25) is 5.84 Å². The molecular weight excluding hydrogens is 136 g/mol. The molecule has 0 aromatic heterocycles. The van der Waals surface area contributed by atoms with Crippen molar-refractivity contribution in [2.24, 2.45) is 0 Å². The topological polar surface area (TPSA) is 6.25 Å². The van der Waals surface area contributed by atoms with Crippen molar-refractivity contribution in [2.75, 3.05) is 20.1 Å². The van der Waals surface area contributed by atoms with E-state index in [0.29, 0.717) is 6.04 Å². The predicted octanol–water partition coefficient (Wildman–Crippen LogP) is 1.16. The molecule has 1 aliphatic heterocycles. The Kier molecular flexibility index (Phi) is 2.53. The predicted molar refractivity (Wildman–Crippen MR) is 48.2 cm³/mol. The highest BCUT2D eigenvalue weighted by Crippen LogP contribution is 2.08. The average molecular weight is 155 g/mol. The average Bonchev–Trinajstić information content (AvgIpc) is 2.28. The third-order valence-corrected chi connectivity index (χ3v) is 2.62. The van der Waals surface area contributed by atoms with Gasteiger partial charge < -0.3 is 0 Å². The van der Waals surface area contributed by atoms with E-state index in [1.54, 1.807) is 0 Å². The molecule has 0 aromatic rings. The maximum atomic E-state index is 2.46. The standard InChI is InChI=1S/C9H19N2/c1-5-9-10(4)8(3)7-11(9)6-2/h8H,5-7H2,1-4H3/q+1. The summed E-state index contributed by atoms with van der Waals surface area (Å²) < 4.78 is 2.39. The van der Waals surface area contributed by atoms with Gasteiger partial charge in [0.1, 0.15) is 12.6 Å². The Morgan fingerprint density at radius 2 is 2.18 bits per heavy atom. The number of hydrogen-bond donors (Lipinski definition) is 0. The lowest BCUT2D eigenvalue weighted by molar-refractivity contribution is -0.523. The Morgan fingerprint density at radius 1 is 1.55 bits per heavy atom. The molecule has 2 heteroatoms. The summed E-state index contributed by atoms with van der Waals surface area (Å²) in [7, 11) is 2.19. The van der Waals surface area contributed by atoms with E-state index < -0.39 is 0 Å². The van der Waals surface area contributed by atoms with Gasteiger partial charge in [0.15, 0.2) is 0 Å². The number of rotatable bonds is 2. The number of likely N-dealkylation sites (N-methyl/N-ethyl adjacent to an activating group) is 2. The molecule has 0 N–H and O–H groups in total. The van der Waals surface area contributed by atoms with Crippen molar-refractivity contribution in [1.82, 2.24) is 4.90 Å². The second-order valence-electron chi connectivity index (χ2n) is 3.27. The molecule has 1 unspecified atom stereocenters. The fraction of sp³-hybridized carbons (Fsp3) is 0.889. The molecule has 1 rings (SSSR count). The van der Waals surface area contributed by atoms with Crippen LogP contribution < -0.4 is 0 Å². The van der Waals surface area contributed by atoms with Crippen LogP contribution in [0.25, 0.3) is 0 Å². The van der Waals surface area contributed by atoms with Crippen LogP contribution in [0.3, 0.4) is 0 Å². The van der Waals surface area contributed by atoms with E-state index >= 15 is 0 Å². The quantitative estimate of drug-likeness (QED) is 0.542. The van der Waals surface area contributed by atoms with Crippen LogP contribution in [-0.4, -0.2) is 41.5 Å². The van der Waals surface area contributed by atoms with E-state index in [2.05, 4.69) is 37.3 Å². The highest BCUT2D eigenvalue weighted by atomic mass is 15.3. The van der Waals surface area contributed by atoms with Crippen molar-refractivity contribution in [3.8, 4) is 0 Å². The Hall–Kier alpha value is -0.530. The zero-order chi connectivity index (χ0) is 8.43. The molecule has 0 aromatic carbocycles. The van der Waals surface area contributed by atoms with Crippen LogP contribution in [0.2, 0.25) is 0 Å². The smallest absolute Gasteiger partial charge is 0.246 e. The maximum absolute atomic E-state index is 2.46. The molecule has 0 aliphatic carbocycles. The van der Waals surface area contributed by atoms with Gasteiger partial charge in [0, 0.05) is 6.42 Å². The summed E-state index contributed by atoms with van der Waals surface area (Å²) in [6.07, 6.45) is 1.16. The fourth-order valence-corrected chi connectivity index (χ4v) is 1.81. The molecule has 1 aliphatic rings. The van der Waals surface area contributed by atoms with E-state index in [4.69, 9.17) is 0 Å². The van der Waals surface area contributed by atoms with E-state index in [9.17, 15) is 0 Å². The minimum absolute atomic E-state index is 0.699. The summed E-state index contributed by atoms with van der Waals surface area (Å²) in [6, 6.07) is 0.699. The van der Waals surface area contributed by atoms with Crippen molar-refractivity contribution in [1.29, 1.82) is 0 Å². The zero-order valence-electron chi connectivity index (χ0n) is 8.09. The second kappa shape index (κ2) is 3.24. The van der Waals surface area contributed by atoms with Gasteiger partial charge in [0.05, 0.1) is 13.6 Å².